The summed E-state index contributed by atoms with van der Waals surface area (Å²) in [5.41, 5.74) is 0.785. The average molecular weight is 305 g/mol. The molecule has 1 aliphatic carbocycles. The van der Waals surface area contributed by atoms with E-state index in [1.165, 1.54) is 32.1 Å². The molecular weight excluding hydrogens is 284 g/mol. The molecule has 0 amide bonds. The van der Waals surface area contributed by atoms with E-state index in [0.717, 1.165) is 24.4 Å². The minimum atomic E-state index is 0.0441. The third-order valence-electron chi connectivity index (χ3n) is 4.53. The Labute approximate surface area is 130 Å². The van der Waals surface area contributed by atoms with E-state index < -0.39 is 0 Å². The molecule has 3 rings (SSSR count). The first-order chi connectivity index (χ1) is 10.3. The van der Waals surface area contributed by atoms with E-state index in [1.54, 1.807) is 4.57 Å². The second-order valence-electron chi connectivity index (χ2n) is 5.93. The molecule has 0 N–H and O–H groups in total. The number of fused-ring (bicyclic) bond motifs is 1. The lowest BCUT2D eigenvalue weighted by molar-refractivity contribution is 0.451. The van der Waals surface area contributed by atoms with Gasteiger partial charge in [0.05, 0.1) is 16.8 Å². The van der Waals surface area contributed by atoms with Crippen LogP contribution in [0.2, 0.25) is 0 Å². The van der Waals surface area contributed by atoms with Crippen molar-refractivity contribution in [3.63, 3.8) is 0 Å². The Balaban J connectivity index is 1.82. The summed E-state index contributed by atoms with van der Waals surface area (Å²) in [5, 5.41) is 0.687. The smallest absolute Gasteiger partial charge is 0.261 e. The summed E-state index contributed by atoms with van der Waals surface area (Å²) < 4.78 is 1.77. The lowest BCUT2D eigenvalue weighted by Crippen LogP contribution is -2.25. The van der Waals surface area contributed by atoms with Gasteiger partial charge < -0.3 is 0 Å². The molecule has 0 aliphatic heterocycles. The van der Waals surface area contributed by atoms with E-state index >= 15 is 0 Å². The van der Waals surface area contributed by atoms with E-state index in [2.05, 4.69) is 4.98 Å². The lowest BCUT2D eigenvalue weighted by atomic mass is 10.0. The molecule has 1 heterocycles. The standard InChI is InChI=1S/C17H21ClN2O/c18-12-16-19-15-10-4-3-9-14(15)17(21)20(16)11-5-8-13-6-1-2-7-13/h3-4,9-10,13H,1-2,5-8,11-12H2. The van der Waals surface area contributed by atoms with Gasteiger partial charge in [-0.2, -0.15) is 0 Å². The second kappa shape index (κ2) is 6.61. The van der Waals surface area contributed by atoms with Gasteiger partial charge in [0.1, 0.15) is 5.82 Å². The average Bonchev–Trinajstić information content (AvgIpc) is 3.02. The molecular formula is C17H21ClN2O. The largest absolute Gasteiger partial charge is 0.295 e. The predicted octanol–water partition coefficient (Wildman–Crippen LogP) is 4.11. The number of alkyl halides is 1. The summed E-state index contributed by atoms with van der Waals surface area (Å²) in [5.74, 6) is 1.82. The monoisotopic (exact) mass is 304 g/mol. The van der Waals surface area contributed by atoms with E-state index in [-0.39, 0.29) is 11.4 Å². The molecule has 0 saturated heterocycles. The van der Waals surface area contributed by atoms with Crippen LogP contribution in [-0.4, -0.2) is 9.55 Å². The van der Waals surface area contributed by atoms with Crippen LogP contribution in [0, 0.1) is 5.92 Å². The van der Waals surface area contributed by atoms with Gasteiger partial charge in [-0.05, 0) is 30.9 Å². The maximum absolute atomic E-state index is 12.6. The highest BCUT2D eigenvalue weighted by atomic mass is 35.5. The van der Waals surface area contributed by atoms with Crippen LogP contribution in [0.25, 0.3) is 10.9 Å². The van der Waals surface area contributed by atoms with Crippen LogP contribution >= 0.6 is 11.6 Å². The normalized spacial score (nSPS) is 15.9. The third kappa shape index (κ3) is 3.13. The van der Waals surface area contributed by atoms with Crippen molar-refractivity contribution in [2.75, 3.05) is 0 Å². The zero-order valence-electron chi connectivity index (χ0n) is 12.2. The van der Waals surface area contributed by atoms with E-state index in [9.17, 15) is 4.79 Å². The van der Waals surface area contributed by atoms with Gasteiger partial charge in [0.2, 0.25) is 0 Å². The third-order valence-corrected chi connectivity index (χ3v) is 4.77. The number of halogens is 1. The van der Waals surface area contributed by atoms with Gasteiger partial charge in [0.25, 0.3) is 5.56 Å². The summed E-state index contributed by atoms with van der Waals surface area (Å²) in [6.45, 7) is 0.731. The van der Waals surface area contributed by atoms with Crippen LogP contribution in [0.5, 0.6) is 0 Å². The second-order valence-corrected chi connectivity index (χ2v) is 6.20. The molecule has 112 valence electrons. The molecule has 1 saturated carbocycles. The van der Waals surface area contributed by atoms with Crippen molar-refractivity contribution >= 4 is 22.5 Å². The molecule has 0 radical (unpaired) electrons. The molecule has 0 spiro atoms. The molecule has 1 aliphatic rings. The highest BCUT2D eigenvalue weighted by Crippen LogP contribution is 2.28. The fraction of sp³-hybridized carbons (Fsp3) is 0.529. The van der Waals surface area contributed by atoms with Crippen molar-refractivity contribution in [1.82, 2.24) is 9.55 Å². The summed E-state index contributed by atoms with van der Waals surface area (Å²) >= 11 is 5.99. The van der Waals surface area contributed by atoms with Gasteiger partial charge in [-0.1, -0.05) is 37.8 Å². The van der Waals surface area contributed by atoms with Crippen LogP contribution in [-0.2, 0) is 12.4 Å². The molecule has 4 heteroatoms. The minimum absolute atomic E-state index is 0.0441. The quantitative estimate of drug-likeness (QED) is 0.779. The zero-order valence-corrected chi connectivity index (χ0v) is 13.0. The van der Waals surface area contributed by atoms with Crippen LogP contribution in [0.3, 0.4) is 0 Å². The number of aromatic nitrogens is 2. The van der Waals surface area contributed by atoms with Gasteiger partial charge in [-0.25, -0.2) is 4.98 Å². The number of benzene rings is 1. The van der Waals surface area contributed by atoms with Crippen molar-refractivity contribution in [2.45, 2.75) is 50.9 Å². The minimum Gasteiger partial charge on any atom is -0.295 e. The molecule has 1 aromatic carbocycles. The van der Waals surface area contributed by atoms with Gasteiger partial charge in [0.15, 0.2) is 0 Å². The Kier molecular flexibility index (Phi) is 4.59. The number of para-hydroxylation sites is 1. The molecule has 0 unspecified atom stereocenters. The Morgan fingerprint density at radius 1 is 1.24 bits per heavy atom. The van der Waals surface area contributed by atoms with E-state index in [1.807, 2.05) is 24.3 Å². The summed E-state index contributed by atoms with van der Waals surface area (Å²) in [4.78, 5) is 17.1. The number of rotatable bonds is 5. The van der Waals surface area contributed by atoms with Gasteiger partial charge in [0, 0.05) is 6.54 Å². The van der Waals surface area contributed by atoms with Gasteiger partial charge in [-0.3, -0.25) is 9.36 Å². The Bertz CT molecular complexity index is 674. The lowest BCUT2D eigenvalue weighted by Gasteiger charge is -2.13. The Morgan fingerprint density at radius 2 is 2.00 bits per heavy atom. The number of hydrogen-bond donors (Lipinski definition) is 0. The topological polar surface area (TPSA) is 34.9 Å². The van der Waals surface area contributed by atoms with Crippen molar-refractivity contribution in [2.24, 2.45) is 5.92 Å². The molecule has 3 nitrogen and oxygen atoms in total. The molecule has 2 aromatic rings. The van der Waals surface area contributed by atoms with E-state index in [4.69, 9.17) is 11.6 Å². The first kappa shape index (κ1) is 14.6. The number of nitrogens with zero attached hydrogens (tertiary/aromatic N) is 2. The summed E-state index contributed by atoms with van der Waals surface area (Å²) in [7, 11) is 0. The Hall–Kier alpha value is -1.35. The molecule has 21 heavy (non-hydrogen) atoms. The SMILES string of the molecule is O=c1c2ccccc2nc(CCl)n1CCCC1CCCC1. The first-order valence-electron chi connectivity index (χ1n) is 7.84. The van der Waals surface area contributed by atoms with Crippen LogP contribution < -0.4 is 5.56 Å². The molecule has 0 atom stereocenters. The highest BCUT2D eigenvalue weighted by Gasteiger charge is 2.15. The maximum atomic E-state index is 12.6. The van der Waals surface area contributed by atoms with Gasteiger partial charge in [-0.15, -0.1) is 11.6 Å². The highest BCUT2D eigenvalue weighted by molar-refractivity contribution is 6.16. The van der Waals surface area contributed by atoms with Crippen molar-refractivity contribution in [3.05, 3.63) is 40.4 Å². The van der Waals surface area contributed by atoms with Gasteiger partial charge >= 0.3 is 0 Å². The zero-order chi connectivity index (χ0) is 14.7. The van der Waals surface area contributed by atoms with Crippen molar-refractivity contribution in [1.29, 1.82) is 0 Å². The molecule has 1 fully saturated rings. The van der Waals surface area contributed by atoms with Crippen LogP contribution in [0.15, 0.2) is 29.1 Å². The number of hydrogen-bond acceptors (Lipinski definition) is 2. The predicted molar refractivity (Wildman–Crippen MR) is 86.8 cm³/mol. The van der Waals surface area contributed by atoms with Crippen LogP contribution in [0.4, 0.5) is 0 Å². The molecule has 0 bridgehead atoms. The van der Waals surface area contributed by atoms with Crippen molar-refractivity contribution < 1.29 is 0 Å². The van der Waals surface area contributed by atoms with Crippen molar-refractivity contribution in [3.8, 4) is 0 Å². The Morgan fingerprint density at radius 3 is 2.76 bits per heavy atom. The summed E-state index contributed by atoms with van der Waals surface area (Å²) in [6.07, 6.45) is 7.69. The van der Waals surface area contributed by atoms with Crippen LogP contribution in [0.1, 0.15) is 44.3 Å². The first-order valence-corrected chi connectivity index (χ1v) is 8.37. The fourth-order valence-electron chi connectivity index (χ4n) is 3.38. The van der Waals surface area contributed by atoms with E-state index in [0.29, 0.717) is 11.2 Å². The molecule has 1 aromatic heterocycles. The summed E-state index contributed by atoms with van der Waals surface area (Å²) in [6, 6.07) is 7.50. The maximum Gasteiger partial charge on any atom is 0.261 e. The fourth-order valence-corrected chi connectivity index (χ4v) is 3.59.